The Bertz CT molecular complexity index is 986. The summed E-state index contributed by atoms with van der Waals surface area (Å²) in [6.45, 7) is 1.94. The molecule has 0 bridgehead atoms. The Morgan fingerprint density at radius 2 is 1.86 bits per heavy atom. The highest BCUT2D eigenvalue weighted by Crippen LogP contribution is 2.51. The molecule has 1 saturated heterocycles. The van der Waals surface area contributed by atoms with E-state index < -0.39 is 0 Å². The second-order valence-corrected chi connectivity index (χ2v) is 7.87. The molecule has 144 valence electrons. The maximum absolute atomic E-state index is 13.1. The fraction of sp³-hybridized carbons (Fsp3) is 0.348. The molecule has 2 aliphatic rings. The Morgan fingerprint density at radius 1 is 1.11 bits per heavy atom. The number of H-pyrrole nitrogens is 1. The van der Waals surface area contributed by atoms with Crippen LogP contribution in [-0.4, -0.2) is 37.2 Å². The molecule has 0 saturated carbocycles. The van der Waals surface area contributed by atoms with Crippen molar-refractivity contribution in [2.45, 2.75) is 30.4 Å². The summed E-state index contributed by atoms with van der Waals surface area (Å²) < 4.78 is 6.04. The first-order valence-corrected chi connectivity index (χ1v) is 9.94. The van der Waals surface area contributed by atoms with Gasteiger partial charge in [0, 0.05) is 23.4 Å². The van der Waals surface area contributed by atoms with Gasteiger partial charge in [0.25, 0.3) is 5.91 Å². The zero-order valence-corrected chi connectivity index (χ0v) is 16.0. The number of carbonyl (C=O) groups excluding carboxylic acids is 1. The molecule has 1 amide bonds. The number of aromatic amines is 1. The summed E-state index contributed by atoms with van der Waals surface area (Å²) in [5.41, 5.74) is 4.01. The number of nitrogens with one attached hydrogen (secondary N) is 3. The summed E-state index contributed by atoms with van der Waals surface area (Å²) in [5.74, 6) is -0.0935. The quantitative estimate of drug-likeness (QED) is 0.658. The molecule has 0 unspecified atom stereocenters. The molecular formula is C23H25N3O2. The van der Waals surface area contributed by atoms with Crippen molar-refractivity contribution in [2.24, 2.45) is 0 Å². The monoisotopic (exact) mass is 375 g/mol. The maximum Gasteiger partial charge on any atom is 0.268 e. The lowest BCUT2D eigenvalue weighted by Gasteiger charge is -2.40. The molecule has 3 aromatic rings. The van der Waals surface area contributed by atoms with Crippen LogP contribution in [0.15, 0.2) is 54.6 Å². The van der Waals surface area contributed by atoms with Gasteiger partial charge in [-0.15, -0.1) is 0 Å². The van der Waals surface area contributed by atoms with Gasteiger partial charge in [-0.3, -0.25) is 4.79 Å². The minimum atomic E-state index is -0.154. The number of hydrogen-bond acceptors (Lipinski definition) is 3. The van der Waals surface area contributed by atoms with Crippen molar-refractivity contribution in [2.75, 3.05) is 20.2 Å². The molecule has 28 heavy (non-hydrogen) atoms. The Balaban J connectivity index is 1.50. The van der Waals surface area contributed by atoms with Crippen molar-refractivity contribution < 1.29 is 9.53 Å². The predicted molar refractivity (Wildman–Crippen MR) is 110 cm³/mol. The number of benzene rings is 2. The van der Waals surface area contributed by atoms with Crippen LogP contribution in [0.2, 0.25) is 0 Å². The Kier molecular flexibility index (Phi) is 4.22. The predicted octanol–water partition coefficient (Wildman–Crippen LogP) is 3.29. The number of fused-ring (bicyclic) bond motifs is 3. The van der Waals surface area contributed by atoms with Gasteiger partial charge in [0.05, 0.1) is 12.1 Å². The van der Waals surface area contributed by atoms with Crippen LogP contribution in [0.1, 0.15) is 40.5 Å². The van der Waals surface area contributed by atoms with E-state index in [0.717, 1.165) is 36.8 Å². The van der Waals surface area contributed by atoms with Crippen LogP contribution in [0.25, 0.3) is 10.9 Å². The van der Waals surface area contributed by atoms with E-state index in [-0.39, 0.29) is 23.5 Å². The average molecular weight is 375 g/mol. The van der Waals surface area contributed by atoms with Crippen LogP contribution in [0.5, 0.6) is 0 Å². The SMILES string of the molecule is CO[C@@H]1[C@@H](NC(=O)c2cc3ccccc3[nH]2)c2ccccc2C12CCNCC2. The van der Waals surface area contributed by atoms with E-state index in [1.165, 1.54) is 11.1 Å². The smallest absolute Gasteiger partial charge is 0.268 e. The van der Waals surface area contributed by atoms with Crippen LogP contribution in [0, 0.1) is 0 Å². The highest BCUT2D eigenvalue weighted by Gasteiger charge is 2.53. The first kappa shape index (κ1) is 17.5. The van der Waals surface area contributed by atoms with E-state index >= 15 is 0 Å². The largest absolute Gasteiger partial charge is 0.378 e. The third kappa shape index (κ3) is 2.58. The van der Waals surface area contributed by atoms with Gasteiger partial charge in [-0.2, -0.15) is 0 Å². The van der Waals surface area contributed by atoms with Gasteiger partial charge in [-0.25, -0.2) is 0 Å². The average Bonchev–Trinajstić information content (AvgIpc) is 3.27. The van der Waals surface area contributed by atoms with Crippen molar-refractivity contribution in [1.82, 2.24) is 15.6 Å². The second kappa shape index (κ2) is 6.76. The van der Waals surface area contributed by atoms with E-state index in [2.05, 4.69) is 33.8 Å². The molecule has 1 aromatic heterocycles. The van der Waals surface area contributed by atoms with E-state index in [9.17, 15) is 4.79 Å². The van der Waals surface area contributed by atoms with Crippen LogP contribution < -0.4 is 10.6 Å². The third-order valence-corrected chi connectivity index (χ3v) is 6.49. The first-order valence-electron chi connectivity index (χ1n) is 9.94. The zero-order valence-electron chi connectivity index (χ0n) is 16.0. The van der Waals surface area contributed by atoms with E-state index in [0.29, 0.717) is 5.69 Å². The summed E-state index contributed by atoms with van der Waals surface area (Å²) >= 11 is 0. The topological polar surface area (TPSA) is 66.1 Å². The van der Waals surface area contributed by atoms with Crippen LogP contribution in [-0.2, 0) is 10.2 Å². The number of rotatable bonds is 3. The number of aromatic nitrogens is 1. The molecule has 5 heteroatoms. The van der Waals surface area contributed by atoms with Crippen LogP contribution >= 0.6 is 0 Å². The summed E-state index contributed by atoms with van der Waals surface area (Å²) in [6, 6.07) is 18.2. The third-order valence-electron chi connectivity index (χ3n) is 6.49. The number of amides is 1. The minimum Gasteiger partial charge on any atom is -0.378 e. The molecule has 2 atom stereocenters. The fourth-order valence-electron chi connectivity index (χ4n) is 5.21. The molecule has 1 spiro atoms. The number of para-hydroxylation sites is 1. The molecule has 2 heterocycles. The van der Waals surface area contributed by atoms with Gasteiger partial charge in [-0.1, -0.05) is 42.5 Å². The fourth-order valence-corrected chi connectivity index (χ4v) is 5.21. The van der Waals surface area contributed by atoms with Gasteiger partial charge in [0.15, 0.2) is 0 Å². The standard InChI is InChI=1S/C23H25N3O2/c1-28-21-20(26-22(27)19-14-15-6-2-5-9-18(15)25-19)16-7-3-4-8-17(16)23(21)10-12-24-13-11-23/h2-9,14,20-21,24-25H,10-13H2,1H3,(H,26,27)/t20-,21+/m0/s1. The molecule has 5 rings (SSSR count). The van der Waals surface area contributed by atoms with Crippen LogP contribution in [0.4, 0.5) is 0 Å². The number of ether oxygens (including phenoxy) is 1. The van der Waals surface area contributed by atoms with Crippen molar-refractivity contribution in [3.63, 3.8) is 0 Å². The Hall–Kier alpha value is -2.63. The summed E-state index contributed by atoms with van der Waals surface area (Å²) in [5, 5.41) is 7.77. The number of carbonyl (C=O) groups is 1. The van der Waals surface area contributed by atoms with Crippen LogP contribution in [0.3, 0.4) is 0 Å². The summed E-state index contributed by atoms with van der Waals surface area (Å²) in [7, 11) is 1.77. The number of piperidine rings is 1. The van der Waals surface area contributed by atoms with Crippen molar-refractivity contribution in [3.8, 4) is 0 Å². The lowest BCUT2D eigenvalue weighted by atomic mass is 9.72. The van der Waals surface area contributed by atoms with Gasteiger partial charge in [0.1, 0.15) is 5.69 Å². The summed E-state index contributed by atoms with van der Waals surface area (Å²) in [4.78, 5) is 16.3. The molecule has 1 fully saturated rings. The van der Waals surface area contributed by atoms with Crippen molar-refractivity contribution >= 4 is 16.8 Å². The van der Waals surface area contributed by atoms with E-state index in [4.69, 9.17) is 4.74 Å². The molecule has 0 radical (unpaired) electrons. The minimum absolute atomic E-state index is 0.0466. The second-order valence-electron chi connectivity index (χ2n) is 7.87. The molecule has 3 N–H and O–H groups in total. The van der Waals surface area contributed by atoms with Gasteiger partial charge >= 0.3 is 0 Å². The van der Waals surface area contributed by atoms with E-state index in [1.807, 2.05) is 36.4 Å². The molecule has 5 nitrogen and oxygen atoms in total. The lowest BCUT2D eigenvalue weighted by Crippen LogP contribution is -2.49. The first-order chi connectivity index (χ1) is 13.7. The molecule has 1 aliphatic heterocycles. The Labute approximate surface area is 164 Å². The lowest BCUT2D eigenvalue weighted by molar-refractivity contribution is 0.00393. The van der Waals surface area contributed by atoms with Gasteiger partial charge in [0.2, 0.25) is 0 Å². The maximum atomic E-state index is 13.1. The van der Waals surface area contributed by atoms with Gasteiger partial charge < -0.3 is 20.4 Å². The van der Waals surface area contributed by atoms with Crippen molar-refractivity contribution in [1.29, 1.82) is 0 Å². The molecule has 2 aromatic carbocycles. The molecule has 1 aliphatic carbocycles. The van der Waals surface area contributed by atoms with E-state index in [1.54, 1.807) is 7.11 Å². The van der Waals surface area contributed by atoms with Crippen molar-refractivity contribution in [3.05, 3.63) is 71.4 Å². The number of methoxy groups -OCH3 is 1. The highest BCUT2D eigenvalue weighted by molar-refractivity contribution is 5.98. The number of hydrogen-bond donors (Lipinski definition) is 3. The molecular weight excluding hydrogens is 350 g/mol. The van der Waals surface area contributed by atoms with Gasteiger partial charge in [-0.05, 0) is 49.2 Å². The normalized spacial score (nSPS) is 23.0. The Morgan fingerprint density at radius 3 is 2.64 bits per heavy atom. The zero-order chi connectivity index (χ0) is 19.1. The summed E-state index contributed by atoms with van der Waals surface area (Å²) in [6.07, 6.45) is 1.96. The highest BCUT2D eigenvalue weighted by atomic mass is 16.5.